The highest BCUT2D eigenvalue weighted by atomic mass is 35.5. The number of halogens is 1. The Morgan fingerprint density at radius 2 is 2.14 bits per heavy atom. The smallest absolute Gasteiger partial charge is 0.262 e. The molecule has 116 valence electrons. The Morgan fingerprint density at radius 1 is 1.41 bits per heavy atom. The van der Waals surface area contributed by atoms with Crippen LogP contribution in [0.3, 0.4) is 0 Å². The third kappa shape index (κ3) is 3.82. The van der Waals surface area contributed by atoms with E-state index in [0.717, 1.165) is 0 Å². The average Bonchev–Trinajstić information content (AvgIpc) is 2.48. The quantitative estimate of drug-likeness (QED) is 0.613. The lowest BCUT2D eigenvalue weighted by molar-refractivity contribution is 0.475. The van der Waals surface area contributed by atoms with Crippen molar-refractivity contribution < 1.29 is 0 Å². The first-order valence-electron chi connectivity index (χ1n) is 7.15. The van der Waals surface area contributed by atoms with Crippen molar-refractivity contribution in [2.75, 3.05) is 5.75 Å². The van der Waals surface area contributed by atoms with Crippen LogP contribution in [-0.2, 0) is 6.54 Å². The van der Waals surface area contributed by atoms with Crippen LogP contribution in [0.4, 0.5) is 0 Å². The summed E-state index contributed by atoms with van der Waals surface area (Å²) in [5, 5.41) is 10.6. The highest BCUT2D eigenvalue weighted by Crippen LogP contribution is 2.22. The SMILES string of the molecule is CC(C)Cn1c(SC[C@@H](C)C#N)nc2ccc(Cl)cc2c1=O. The Bertz CT molecular complexity index is 779. The van der Waals surface area contributed by atoms with Gasteiger partial charge in [-0.3, -0.25) is 9.36 Å². The van der Waals surface area contributed by atoms with E-state index in [4.69, 9.17) is 16.9 Å². The Hall–Kier alpha value is -1.51. The summed E-state index contributed by atoms with van der Waals surface area (Å²) in [7, 11) is 0. The molecule has 0 spiro atoms. The first kappa shape index (κ1) is 16.9. The molecule has 22 heavy (non-hydrogen) atoms. The van der Waals surface area contributed by atoms with Gasteiger partial charge in [-0.25, -0.2) is 4.98 Å². The van der Waals surface area contributed by atoms with E-state index in [0.29, 0.717) is 39.3 Å². The van der Waals surface area contributed by atoms with E-state index >= 15 is 0 Å². The molecule has 1 atom stereocenters. The minimum atomic E-state index is -0.0877. The lowest BCUT2D eigenvalue weighted by atomic mass is 10.2. The van der Waals surface area contributed by atoms with Gasteiger partial charge in [-0.2, -0.15) is 5.26 Å². The zero-order valence-corrected chi connectivity index (χ0v) is 14.4. The molecule has 1 aromatic carbocycles. The number of thioether (sulfide) groups is 1. The summed E-state index contributed by atoms with van der Waals surface area (Å²) in [6.45, 7) is 6.57. The molecule has 0 saturated heterocycles. The summed E-state index contributed by atoms with van der Waals surface area (Å²) in [4.78, 5) is 17.3. The van der Waals surface area contributed by atoms with E-state index < -0.39 is 0 Å². The van der Waals surface area contributed by atoms with Crippen LogP contribution < -0.4 is 5.56 Å². The maximum absolute atomic E-state index is 12.7. The zero-order valence-electron chi connectivity index (χ0n) is 12.8. The summed E-state index contributed by atoms with van der Waals surface area (Å²) in [6, 6.07) is 7.36. The summed E-state index contributed by atoms with van der Waals surface area (Å²) in [5.41, 5.74) is 0.565. The van der Waals surface area contributed by atoms with Crippen LogP contribution >= 0.6 is 23.4 Å². The second-order valence-corrected chi connectivity index (χ2v) is 7.13. The van der Waals surface area contributed by atoms with Crippen molar-refractivity contribution >= 4 is 34.3 Å². The van der Waals surface area contributed by atoms with Crippen molar-refractivity contribution in [1.82, 2.24) is 9.55 Å². The van der Waals surface area contributed by atoms with E-state index in [-0.39, 0.29) is 11.5 Å². The fourth-order valence-electron chi connectivity index (χ4n) is 2.05. The molecule has 1 heterocycles. The average molecular weight is 336 g/mol. The van der Waals surface area contributed by atoms with Gasteiger partial charge in [0.05, 0.1) is 22.9 Å². The molecule has 6 heteroatoms. The highest BCUT2D eigenvalue weighted by molar-refractivity contribution is 7.99. The molecule has 0 bridgehead atoms. The van der Waals surface area contributed by atoms with E-state index in [1.807, 2.05) is 6.92 Å². The highest BCUT2D eigenvalue weighted by Gasteiger charge is 2.14. The monoisotopic (exact) mass is 335 g/mol. The fraction of sp³-hybridized carbons (Fsp3) is 0.438. The molecule has 0 N–H and O–H groups in total. The van der Waals surface area contributed by atoms with E-state index in [1.54, 1.807) is 22.8 Å². The summed E-state index contributed by atoms with van der Waals surface area (Å²) in [6.07, 6.45) is 0. The van der Waals surface area contributed by atoms with E-state index in [1.165, 1.54) is 11.8 Å². The van der Waals surface area contributed by atoms with Gasteiger partial charge >= 0.3 is 0 Å². The predicted molar refractivity (Wildman–Crippen MR) is 91.4 cm³/mol. The number of aromatic nitrogens is 2. The summed E-state index contributed by atoms with van der Waals surface area (Å²) in [5.74, 6) is 0.847. The molecule has 2 aromatic rings. The molecule has 0 aliphatic carbocycles. The van der Waals surface area contributed by atoms with E-state index in [2.05, 4.69) is 24.9 Å². The molecule has 0 amide bonds. The van der Waals surface area contributed by atoms with E-state index in [9.17, 15) is 4.79 Å². The Labute approximate surface area is 139 Å². The number of nitriles is 1. The lowest BCUT2D eigenvalue weighted by Crippen LogP contribution is -2.25. The number of hydrogen-bond donors (Lipinski definition) is 0. The largest absolute Gasteiger partial charge is 0.287 e. The van der Waals surface area contributed by atoms with Crippen molar-refractivity contribution in [3.05, 3.63) is 33.6 Å². The normalized spacial score (nSPS) is 12.5. The number of benzene rings is 1. The van der Waals surface area contributed by atoms with Crippen LogP contribution in [0, 0.1) is 23.2 Å². The van der Waals surface area contributed by atoms with Gasteiger partial charge in [-0.15, -0.1) is 0 Å². The Morgan fingerprint density at radius 3 is 2.77 bits per heavy atom. The van der Waals surface area contributed by atoms with Crippen LogP contribution in [0.1, 0.15) is 20.8 Å². The van der Waals surface area contributed by atoms with Crippen LogP contribution in [0.15, 0.2) is 28.2 Å². The second-order valence-electron chi connectivity index (χ2n) is 5.71. The minimum absolute atomic E-state index is 0.0756. The van der Waals surface area contributed by atoms with Crippen molar-refractivity contribution in [1.29, 1.82) is 5.26 Å². The second kappa shape index (κ2) is 7.17. The molecule has 0 aliphatic heterocycles. The first-order valence-corrected chi connectivity index (χ1v) is 8.51. The summed E-state index contributed by atoms with van der Waals surface area (Å²) >= 11 is 7.44. The van der Waals surface area contributed by atoms with Gasteiger partial charge < -0.3 is 0 Å². The molecule has 0 fully saturated rings. The number of hydrogen-bond acceptors (Lipinski definition) is 4. The number of fused-ring (bicyclic) bond motifs is 1. The van der Waals surface area contributed by atoms with Crippen molar-refractivity contribution in [2.24, 2.45) is 11.8 Å². The fourth-order valence-corrected chi connectivity index (χ4v) is 3.17. The zero-order chi connectivity index (χ0) is 16.3. The standard InChI is InChI=1S/C16H18ClN3OS/c1-10(2)8-20-15(21)13-6-12(17)4-5-14(13)19-16(20)22-9-11(3)7-18/h4-6,10-11H,8-9H2,1-3H3/t11-/m0/s1. The molecule has 0 unspecified atom stereocenters. The lowest BCUT2D eigenvalue weighted by Gasteiger charge is -2.15. The van der Waals surface area contributed by atoms with Crippen LogP contribution in [0.5, 0.6) is 0 Å². The molecule has 0 radical (unpaired) electrons. The van der Waals surface area contributed by atoms with Gasteiger partial charge in [0.25, 0.3) is 5.56 Å². The maximum Gasteiger partial charge on any atom is 0.262 e. The van der Waals surface area contributed by atoms with Gasteiger partial charge in [0.2, 0.25) is 0 Å². The molecular weight excluding hydrogens is 318 g/mol. The molecule has 0 aliphatic rings. The topological polar surface area (TPSA) is 58.7 Å². The summed E-state index contributed by atoms with van der Waals surface area (Å²) < 4.78 is 1.69. The number of rotatable bonds is 5. The molecule has 2 rings (SSSR count). The molecule has 0 saturated carbocycles. The van der Waals surface area contributed by atoms with Gasteiger partial charge in [-0.05, 0) is 31.0 Å². The minimum Gasteiger partial charge on any atom is -0.287 e. The van der Waals surface area contributed by atoms with Gasteiger partial charge in [0.15, 0.2) is 5.16 Å². The number of nitrogens with zero attached hydrogens (tertiary/aromatic N) is 3. The van der Waals surface area contributed by atoms with Crippen molar-refractivity contribution in [2.45, 2.75) is 32.5 Å². The Balaban J connectivity index is 2.55. The van der Waals surface area contributed by atoms with Gasteiger partial charge in [-0.1, -0.05) is 37.2 Å². The maximum atomic E-state index is 12.7. The van der Waals surface area contributed by atoms with Crippen LogP contribution in [-0.4, -0.2) is 15.3 Å². The molecule has 4 nitrogen and oxygen atoms in total. The third-order valence-electron chi connectivity index (χ3n) is 3.11. The van der Waals surface area contributed by atoms with Gasteiger partial charge in [0.1, 0.15) is 0 Å². The first-order chi connectivity index (χ1) is 10.4. The predicted octanol–water partition coefficient (Wildman–Crippen LogP) is 3.96. The third-order valence-corrected chi connectivity index (χ3v) is 4.58. The molecule has 1 aromatic heterocycles. The van der Waals surface area contributed by atoms with Crippen molar-refractivity contribution in [3.63, 3.8) is 0 Å². The molecular formula is C16H18ClN3OS. The van der Waals surface area contributed by atoms with Gasteiger partial charge in [0, 0.05) is 17.3 Å². The van der Waals surface area contributed by atoms with Crippen LogP contribution in [0.25, 0.3) is 10.9 Å². The van der Waals surface area contributed by atoms with Crippen molar-refractivity contribution in [3.8, 4) is 6.07 Å². The van der Waals surface area contributed by atoms with Crippen LogP contribution in [0.2, 0.25) is 5.02 Å². The Kier molecular flexibility index (Phi) is 5.49.